The summed E-state index contributed by atoms with van der Waals surface area (Å²) in [6.45, 7) is 5.67. The van der Waals surface area contributed by atoms with Gasteiger partial charge in [0, 0.05) is 11.6 Å². The van der Waals surface area contributed by atoms with Gasteiger partial charge < -0.3 is 5.32 Å². The predicted molar refractivity (Wildman–Crippen MR) is 88.1 cm³/mol. The molecule has 23 heavy (non-hydrogen) atoms. The molecule has 0 aliphatic heterocycles. The zero-order valence-electron chi connectivity index (χ0n) is 13.8. The molecule has 1 unspecified atom stereocenters. The molecule has 0 fully saturated rings. The number of benzene rings is 2. The van der Waals surface area contributed by atoms with E-state index in [0.29, 0.717) is 23.1 Å². The van der Waals surface area contributed by atoms with Crippen molar-refractivity contribution in [1.29, 1.82) is 5.26 Å². The van der Waals surface area contributed by atoms with Crippen LogP contribution in [0.3, 0.4) is 0 Å². The Balaban J connectivity index is 2.69. The third kappa shape index (κ3) is 3.25. The fraction of sp³-hybridized carbons (Fsp3) is 0.316. The second-order valence-corrected chi connectivity index (χ2v) is 5.71. The normalized spacial score (nSPS) is 12.0. The first-order valence-corrected chi connectivity index (χ1v) is 7.60. The van der Waals surface area contributed by atoms with Crippen molar-refractivity contribution in [2.24, 2.45) is 0 Å². The van der Waals surface area contributed by atoms with E-state index in [2.05, 4.69) is 11.4 Å². The standard InChI is InChI=1S/C19H20F2N2/c1-5-17(23-4)15-8-14(9-16(20)19(15)21)18-11(2)6-13(10-22)7-12(18)3/h6-9,17,23H,5H2,1-4H3. The van der Waals surface area contributed by atoms with Gasteiger partial charge in [-0.25, -0.2) is 8.78 Å². The summed E-state index contributed by atoms with van der Waals surface area (Å²) in [5, 5.41) is 12.1. The highest BCUT2D eigenvalue weighted by atomic mass is 19.2. The van der Waals surface area contributed by atoms with Crippen LogP contribution >= 0.6 is 0 Å². The third-order valence-corrected chi connectivity index (χ3v) is 4.14. The lowest BCUT2D eigenvalue weighted by atomic mass is 9.91. The second kappa shape index (κ2) is 6.89. The maximum absolute atomic E-state index is 14.2. The molecule has 0 amide bonds. The number of halogens is 2. The molecule has 0 aliphatic carbocycles. The van der Waals surface area contributed by atoms with Gasteiger partial charge >= 0.3 is 0 Å². The Morgan fingerprint density at radius 3 is 2.22 bits per heavy atom. The van der Waals surface area contributed by atoms with Gasteiger partial charge in [0.25, 0.3) is 0 Å². The summed E-state index contributed by atoms with van der Waals surface area (Å²) in [6, 6.07) is 8.31. The first-order chi connectivity index (χ1) is 10.9. The van der Waals surface area contributed by atoms with Crippen molar-refractivity contribution in [2.45, 2.75) is 33.2 Å². The molecule has 120 valence electrons. The molecular weight excluding hydrogens is 294 g/mol. The highest BCUT2D eigenvalue weighted by Crippen LogP contribution is 2.33. The molecule has 0 saturated carbocycles. The van der Waals surface area contributed by atoms with E-state index in [1.807, 2.05) is 20.8 Å². The van der Waals surface area contributed by atoms with Gasteiger partial charge in [0.15, 0.2) is 11.6 Å². The lowest BCUT2D eigenvalue weighted by Gasteiger charge is -2.18. The average molecular weight is 314 g/mol. The summed E-state index contributed by atoms with van der Waals surface area (Å²) in [7, 11) is 1.73. The minimum Gasteiger partial charge on any atom is -0.313 e. The minimum absolute atomic E-state index is 0.247. The number of hydrogen-bond acceptors (Lipinski definition) is 2. The fourth-order valence-corrected chi connectivity index (χ4v) is 3.07. The topological polar surface area (TPSA) is 35.8 Å². The van der Waals surface area contributed by atoms with Gasteiger partial charge in [-0.15, -0.1) is 0 Å². The number of nitrogens with zero attached hydrogens (tertiary/aromatic N) is 1. The van der Waals surface area contributed by atoms with E-state index in [9.17, 15) is 8.78 Å². The Morgan fingerprint density at radius 1 is 1.13 bits per heavy atom. The molecule has 0 radical (unpaired) electrons. The summed E-state index contributed by atoms with van der Waals surface area (Å²) >= 11 is 0. The van der Waals surface area contributed by atoms with Crippen LogP contribution in [0.15, 0.2) is 24.3 Å². The molecule has 2 rings (SSSR count). The van der Waals surface area contributed by atoms with Gasteiger partial charge in [0.2, 0.25) is 0 Å². The van der Waals surface area contributed by atoms with Crippen molar-refractivity contribution >= 4 is 0 Å². The molecular formula is C19H20F2N2. The lowest BCUT2D eigenvalue weighted by Crippen LogP contribution is -2.17. The largest absolute Gasteiger partial charge is 0.313 e. The van der Waals surface area contributed by atoms with Crippen LogP contribution in [0.4, 0.5) is 8.78 Å². The average Bonchev–Trinajstić information content (AvgIpc) is 2.52. The zero-order valence-corrected chi connectivity index (χ0v) is 13.8. The Kier molecular flexibility index (Phi) is 5.12. The third-order valence-electron chi connectivity index (χ3n) is 4.14. The van der Waals surface area contributed by atoms with Crippen LogP contribution in [0.2, 0.25) is 0 Å². The summed E-state index contributed by atoms with van der Waals surface area (Å²) in [4.78, 5) is 0. The Bertz CT molecular complexity index is 749. The van der Waals surface area contributed by atoms with Crippen LogP contribution in [-0.2, 0) is 0 Å². The molecule has 2 nitrogen and oxygen atoms in total. The first-order valence-electron chi connectivity index (χ1n) is 7.60. The lowest BCUT2D eigenvalue weighted by molar-refractivity contribution is 0.470. The summed E-state index contributed by atoms with van der Waals surface area (Å²) < 4.78 is 28.3. The molecule has 0 aromatic heterocycles. The molecule has 1 atom stereocenters. The SMILES string of the molecule is CCC(NC)c1cc(-c2c(C)cc(C#N)cc2C)cc(F)c1F. The summed E-state index contributed by atoms with van der Waals surface area (Å²) in [5.74, 6) is -1.66. The molecule has 0 bridgehead atoms. The zero-order chi connectivity index (χ0) is 17.1. The monoisotopic (exact) mass is 314 g/mol. The van der Waals surface area contributed by atoms with Crippen molar-refractivity contribution in [3.8, 4) is 17.2 Å². The van der Waals surface area contributed by atoms with E-state index < -0.39 is 11.6 Å². The smallest absolute Gasteiger partial charge is 0.163 e. The Hall–Kier alpha value is -2.25. The summed E-state index contributed by atoms with van der Waals surface area (Å²) in [5.41, 5.74) is 4.11. The van der Waals surface area contributed by atoms with Gasteiger partial charge in [0.1, 0.15) is 0 Å². The molecule has 0 heterocycles. The second-order valence-electron chi connectivity index (χ2n) is 5.71. The molecule has 2 aromatic rings. The van der Waals surface area contributed by atoms with E-state index in [-0.39, 0.29) is 6.04 Å². The maximum atomic E-state index is 14.2. The van der Waals surface area contributed by atoms with Gasteiger partial charge in [-0.3, -0.25) is 0 Å². The molecule has 0 saturated heterocycles. The van der Waals surface area contributed by atoms with Crippen molar-refractivity contribution in [2.75, 3.05) is 7.05 Å². The quantitative estimate of drug-likeness (QED) is 0.880. The van der Waals surface area contributed by atoms with Crippen LogP contribution in [0.1, 0.15) is 41.6 Å². The van der Waals surface area contributed by atoms with Crippen molar-refractivity contribution in [3.63, 3.8) is 0 Å². The number of aryl methyl sites for hydroxylation is 2. The molecule has 0 spiro atoms. The highest BCUT2D eigenvalue weighted by molar-refractivity contribution is 5.72. The van der Waals surface area contributed by atoms with E-state index in [1.165, 1.54) is 6.07 Å². The van der Waals surface area contributed by atoms with Crippen LogP contribution in [-0.4, -0.2) is 7.05 Å². The van der Waals surface area contributed by atoms with E-state index >= 15 is 0 Å². The number of hydrogen-bond donors (Lipinski definition) is 1. The molecule has 1 N–H and O–H groups in total. The molecule has 4 heteroatoms. The van der Waals surface area contributed by atoms with E-state index in [0.717, 1.165) is 16.7 Å². The number of nitriles is 1. The number of nitrogens with one attached hydrogen (secondary N) is 1. The van der Waals surface area contributed by atoms with Gasteiger partial charge in [0.05, 0.1) is 11.6 Å². The van der Waals surface area contributed by atoms with Crippen molar-refractivity contribution in [3.05, 3.63) is 58.2 Å². The first kappa shape index (κ1) is 17.1. The Labute approximate surface area is 135 Å². The molecule has 2 aromatic carbocycles. The van der Waals surface area contributed by atoms with Crippen LogP contribution in [0, 0.1) is 36.8 Å². The van der Waals surface area contributed by atoms with Gasteiger partial charge in [-0.1, -0.05) is 6.92 Å². The minimum atomic E-state index is -0.852. The predicted octanol–water partition coefficient (Wildman–Crippen LogP) is 4.79. The van der Waals surface area contributed by atoms with Crippen LogP contribution in [0.5, 0.6) is 0 Å². The fourth-order valence-electron chi connectivity index (χ4n) is 3.07. The molecule has 0 aliphatic rings. The maximum Gasteiger partial charge on any atom is 0.163 e. The van der Waals surface area contributed by atoms with Crippen LogP contribution in [0.25, 0.3) is 11.1 Å². The van der Waals surface area contributed by atoms with Gasteiger partial charge in [-0.2, -0.15) is 5.26 Å². The Morgan fingerprint density at radius 2 is 1.74 bits per heavy atom. The summed E-state index contributed by atoms with van der Waals surface area (Å²) in [6.07, 6.45) is 0.654. The number of rotatable bonds is 4. The van der Waals surface area contributed by atoms with Crippen LogP contribution < -0.4 is 5.32 Å². The van der Waals surface area contributed by atoms with Gasteiger partial charge in [-0.05, 0) is 73.8 Å². The van der Waals surface area contributed by atoms with E-state index in [1.54, 1.807) is 25.2 Å². The van der Waals surface area contributed by atoms with Crippen molar-refractivity contribution in [1.82, 2.24) is 5.32 Å². The highest BCUT2D eigenvalue weighted by Gasteiger charge is 2.19. The van der Waals surface area contributed by atoms with Crippen molar-refractivity contribution < 1.29 is 8.78 Å². The van der Waals surface area contributed by atoms with E-state index in [4.69, 9.17) is 5.26 Å².